The third-order valence-corrected chi connectivity index (χ3v) is 5.28. The first-order valence-electron chi connectivity index (χ1n) is 8.47. The Kier molecular flexibility index (Phi) is 5.99. The van der Waals surface area contributed by atoms with Crippen molar-refractivity contribution in [3.8, 4) is 6.07 Å². The molecule has 0 saturated heterocycles. The van der Waals surface area contributed by atoms with E-state index >= 15 is 0 Å². The Bertz CT molecular complexity index is 899. The van der Waals surface area contributed by atoms with Gasteiger partial charge in [0, 0.05) is 22.8 Å². The van der Waals surface area contributed by atoms with Gasteiger partial charge in [0.1, 0.15) is 17.4 Å². The number of carbonyl (C=O) groups is 2. The number of hydrogen-bond acceptors (Lipinski definition) is 6. The van der Waals surface area contributed by atoms with Crippen LogP contribution in [0.15, 0.2) is 57.5 Å². The number of furan rings is 1. The van der Waals surface area contributed by atoms with Crippen LogP contribution in [0.5, 0.6) is 0 Å². The van der Waals surface area contributed by atoms with E-state index in [1.807, 2.05) is 24.3 Å². The van der Waals surface area contributed by atoms with Gasteiger partial charge in [-0.3, -0.25) is 4.79 Å². The standard InChI is InChI=1S/C20H18N2O4S/c1-14-8-9-22(17-6-2-3-7-18(17)27-14)19(23)13-26-20(24)15(12-21)11-16-5-4-10-25-16/h2-7,10-11,14H,8-9,13H2,1H3/b15-11+/t14-/m1/s1. The molecular weight excluding hydrogens is 364 g/mol. The van der Waals surface area contributed by atoms with E-state index < -0.39 is 12.6 Å². The minimum absolute atomic E-state index is 0.224. The van der Waals surface area contributed by atoms with Crippen molar-refractivity contribution in [2.24, 2.45) is 0 Å². The Balaban J connectivity index is 1.69. The van der Waals surface area contributed by atoms with Gasteiger partial charge < -0.3 is 14.1 Å². The van der Waals surface area contributed by atoms with E-state index in [1.165, 1.54) is 12.3 Å². The third kappa shape index (κ3) is 4.60. The molecule has 138 valence electrons. The van der Waals surface area contributed by atoms with Gasteiger partial charge in [0.15, 0.2) is 6.61 Å². The van der Waals surface area contributed by atoms with Crippen molar-refractivity contribution in [3.05, 3.63) is 54.0 Å². The maximum Gasteiger partial charge on any atom is 0.349 e. The van der Waals surface area contributed by atoms with Gasteiger partial charge >= 0.3 is 5.97 Å². The van der Waals surface area contributed by atoms with Crippen LogP contribution in [0.1, 0.15) is 19.1 Å². The van der Waals surface area contributed by atoms with Crippen LogP contribution in [0.4, 0.5) is 5.69 Å². The maximum atomic E-state index is 12.7. The van der Waals surface area contributed by atoms with Gasteiger partial charge in [-0.2, -0.15) is 5.26 Å². The Morgan fingerprint density at radius 1 is 1.37 bits per heavy atom. The van der Waals surface area contributed by atoms with Gasteiger partial charge in [-0.15, -0.1) is 11.8 Å². The molecule has 27 heavy (non-hydrogen) atoms. The van der Waals surface area contributed by atoms with Crippen LogP contribution >= 0.6 is 11.8 Å². The van der Waals surface area contributed by atoms with E-state index in [0.717, 1.165) is 17.0 Å². The first-order chi connectivity index (χ1) is 13.1. The zero-order valence-corrected chi connectivity index (χ0v) is 15.6. The molecule has 0 N–H and O–H groups in total. The maximum absolute atomic E-state index is 12.7. The lowest BCUT2D eigenvalue weighted by molar-refractivity contribution is -0.143. The second-order valence-corrected chi connectivity index (χ2v) is 7.47. The smallest absolute Gasteiger partial charge is 0.349 e. The highest BCUT2D eigenvalue weighted by Gasteiger charge is 2.25. The Morgan fingerprint density at radius 3 is 2.93 bits per heavy atom. The number of benzene rings is 1. The number of fused-ring (bicyclic) bond motifs is 1. The van der Waals surface area contributed by atoms with Crippen LogP contribution in [0.2, 0.25) is 0 Å². The zero-order chi connectivity index (χ0) is 19.2. The normalized spacial score (nSPS) is 16.8. The van der Waals surface area contributed by atoms with Gasteiger partial charge in [-0.25, -0.2) is 4.79 Å². The highest BCUT2D eigenvalue weighted by molar-refractivity contribution is 8.00. The number of para-hydroxylation sites is 1. The summed E-state index contributed by atoms with van der Waals surface area (Å²) in [5.41, 5.74) is 0.595. The number of nitriles is 1. The molecule has 0 radical (unpaired) electrons. The number of ether oxygens (including phenoxy) is 1. The van der Waals surface area contributed by atoms with Crippen molar-refractivity contribution >= 4 is 35.4 Å². The summed E-state index contributed by atoms with van der Waals surface area (Å²) >= 11 is 1.72. The topological polar surface area (TPSA) is 83.5 Å². The van der Waals surface area contributed by atoms with E-state index in [0.29, 0.717) is 17.6 Å². The average Bonchev–Trinajstić information content (AvgIpc) is 3.12. The Morgan fingerprint density at radius 2 is 2.19 bits per heavy atom. The highest BCUT2D eigenvalue weighted by atomic mass is 32.2. The molecule has 1 atom stereocenters. The summed E-state index contributed by atoms with van der Waals surface area (Å²) in [4.78, 5) is 27.5. The molecule has 1 aliphatic heterocycles. The van der Waals surface area contributed by atoms with Gasteiger partial charge in [-0.05, 0) is 30.7 Å². The van der Waals surface area contributed by atoms with Crippen LogP contribution in [-0.2, 0) is 14.3 Å². The first kappa shape index (κ1) is 18.8. The SMILES string of the molecule is C[C@@H]1CCN(C(=O)COC(=O)/C(C#N)=C/c2ccco2)c2ccccc2S1. The van der Waals surface area contributed by atoms with Gasteiger partial charge in [0.2, 0.25) is 0 Å². The predicted octanol–water partition coefficient (Wildman–Crippen LogP) is 3.65. The fourth-order valence-corrected chi connectivity index (χ4v) is 3.79. The molecule has 3 rings (SSSR count). The summed E-state index contributed by atoms with van der Waals surface area (Å²) in [5, 5.41) is 9.53. The second kappa shape index (κ2) is 8.60. The lowest BCUT2D eigenvalue weighted by Gasteiger charge is -2.22. The number of rotatable bonds is 4. The number of esters is 1. The number of hydrogen-bond donors (Lipinski definition) is 0. The minimum atomic E-state index is -0.854. The van der Waals surface area contributed by atoms with Crippen molar-refractivity contribution in [1.82, 2.24) is 0 Å². The molecule has 1 aromatic carbocycles. The highest BCUT2D eigenvalue weighted by Crippen LogP contribution is 2.37. The summed E-state index contributed by atoms with van der Waals surface area (Å²) in [7, 11) is 0. The molecule has 1 aliphatic rings. The molecular formula is C20H18N2O4S. The average molecular weight is 382 g/mol. The van der Waals surface area contributed by atoms with Crippen LogP contribution in [-0.4, -0.2) is 30.3 Å². The molecule has 2 heterocycles. The minimum Gasteiger partial charge on any atom is -0.465 e. The third-order valence-electron chi connectivity index (χ3n) is 4.04. The largest absolute Gasteiger partial charge is 0.465 e. The van der Waals surface area contributed by atoms with E-state index in [1.54, 1.807) is 34.9 Å². The van der Waals surface area contributed by atoms with Crippen molar-refractivity contribution in [1.29, 1.82) is 5.26 Å². The van der Waals surface area contributed by atoms with E-state index in [2.05, 4.69) is 6.92 Å². The van der Waals surface area contributed by atoms with Crippen molar-refractivity contribution in [3.63, 3.8) is 0 Å². The summed E-state index contributed by atoms with van der Waals surface area (Å²) in [5.74, 6) is -0.809. The molecule has 1 amide bonds. The van der Waals surface area contributed by atoms with Crippen molar-refractivity contribution in [2.75, 3.05) is 18.1 Å². The second-order valence-electron chi connectivity index (χ2n) is 5.99. The molecule has 2 aromatic rings. The van der Waals surface area contributed by atoms with Crippen molar-refractivity contribution in [2.45, 2.75) is 23.5 Å². The van der Waals surface area contributed by atoms with Gasteiger partial charge in [-0.1, -0.05) is 19.1 Å². The Hall–Kier alpha value is -2.98. The van der Waals surface area contributed by atoms with E-state index in [-0.39, 0.29) is 11.5 Å². The number of carbonyl (C=O) groups excluding carboxylic acids is 2. The summed E-state index contributed by atoms with van der Waals surface area (Å²) < 4.78 is 10.2. The number of thioether (sulfide) groups is 1. The number of nitrogens with zero attached hydrogens (tertiary/aromatic N) is 2. The number of anilines is 1. The van der Waals surface area contributed by atoms with E-state index in [4.69, 9.17) is 14.4 Å². The summed E-state index contributed by atoms with van der Waals surface area (Å²) in [6, 6.07) is 12.7. The van der Waals surface area contributed by atoms with Gasteiger partial charge in [0.25, 0.3) is 5.91 Å². The monoisotopic (exact) mass is 382 g/mol. The molecule has 1 aromatic heterocycles. The quantitative estimate of drug-likeness (QED) is 0.456. The van der Waals surface area contributed by atoms with Crippen LogP contribution in [0.25, 0.3) is 6.08 Å². The molecule has 6 nitrogen and oxygen atoms in total. The predicted molar refractivity (Wildman–Crippen MR) is 102 cm³/mol. The fraction of sp³-hybridized carbons (Fsp3) is 0.250. The lowest BCUT2D eigenvalue weighted by Crippen LogP contribution is -2.36. The molecule has 0 bridgehead atoms. The molecule has 7 heteroatoms. The molecule has 0 saturated carbocycles. The van der Waals surface area contributed by atoms with Crippen molar-refractivity contribution < 1.29 is 18.7 Å². The molecule has 0 unspecified atom stereocenters. The summed E-state index contributed by atoms with van der Waals surface area (Å²) in [6.07, 6.45) is 3.55. The molecule has 0 aliphatic carbocycles. The summed E-state index contributed by atoms with van der Waals surface area (Å²) in [6.45, 7) is 2.24. The lowest BCUT2D eigenvalue weighted by atomic mass is 10.2. The van der Waals surface area contributed by atoms with Crippen LogP contribution in [0.3, 0.4) is 0 Å². The first-order valence-corrected chi connectivity index (χ1v) is 9.35. The zero-order valence-electron chi connectivity index (χ0n) is 14.8. The molecule has 0 spiro atoms. The van der Waals surface area contributed by atoms with Crippen LogP contribution < -0.4 is 4.90 Å². The Labute approximate surface area is 161 Å². The van der Waals surface area contributed by atoms with Gasteiger partial charge in [0.05, 0.1) is 12.0 Å². The number of amides is 1. The van der Waals surface area contributed by atoms with Crippen LogP contribution in [0, 0.1) is 11.3 Å². The molecule has 0 fully saturated rings. The van der Waals surface area contributed by atoms with E-state index in [9.17, 15) is 9.59 Å². The fourth-order valence-electron chi connectivity index (χ4n) is 2.68.